The van der Waals surface area contributed by atoms with Crippen molar-refractivity contribution < 1.29 is 45.1 Å². The first-order valence-electron chi connectivity index (χ1n) is 40.6. The molecule has 6 aromatic heterocycles. The van der Waals surface area contributed by atoms with Crippen molar-refractivity contribution in [1.29, 1.82) is 0 Å². The largest absolute Gasteiger partial charge is 2.00 e. The van der Waals surface area contributed by atoms with Crippen molar-refractivity contribution in [3.63, 3.8) is 0 Å². The van der Waals surface area contributed by atoms with Gasteiger partial charge in [-0.1, -0.05) is 222 Å². The molecule has 14 aromatic rings. The number of hydrogen-bond donors (Lipinski definition) is 0. The van der Waals surface area contributed by atoms with Crippen LogP contribution in [-0.4, -0.2) is 26.5 Å². The monoisotopic (exact) mass is 1700 g/mol. The molecule has 16 bridgehead atoms. The summed E-state index contributed by atoms with van der Waals surface area (Å²) in [7, 11) is 0. The molecule has 0 aliphatic carbocycles. The Morgan fingerprint density at radius 1 is 0.311 bits per heavy atom. The smallest absolute Gasteiger partial charge is 0.657 e. The van der Waals surface area contributed by atoms with Crippen LogP contribution in [0, 0.1) is 86.5 Å². The molecule has 568 valence electrons. The molecular formula is C107H83BrN8OZn2. The van der Waals surface area contributed by atoms with Gasteiger partial charge in [-0.3, -0.25) is 0 Å². The molecule has 10 heterocycles. The van der Waals surface area contributed by atoms with E-state index in [0.29, 0.717) is 6.61 Å². The third-order valence-electron chi connectivity index (χ3n) is 22.6. The van der Waals surface area contributed by atoms with Crippen LogP contribution in [0.15, 0.2) is 211 Å². The van der Waals surface area contributed by atoms with Crippen molar-refractivity contribution in [3.05, 3.63) is 323 Å². The van der Waals surface area contributed by atoms with Gasteiger partial charge in [0.1, 0.15) is 7.12 Å². The predicted molar refractivity (Wildman–Crippen MR) is 491 cm³/mol. The van der Waals surface area contributed by atoms with Crippen LogP contribution < -0.4 is 24.7 Å². The van der Waals surface area contributed by atoms with Crippen molar-refractivity contribution in [2.24, 2.45) is 0 Å². The van der Waals surface area contributed by atoms with Crippen LogP contribution in [0.3, 0.4) is 0 Å². The molecule has 0 unspecified atom stereocenters. The van der Waals surface area contributed by atoms with E-state index < -0.39 is 0 Å². The molecule has 12 heteroatoms. The van der Waals surface area contributed by atoms with Gasteiger partial charge in [-0.05, 0) is 300 Å². The van der Waals surface area contributed by atoms with E-state index in [-0.39, 0.29) is 39.0 Å². The van der Waals surface area contributed by atoms with Gasteiger partial charge < -0.3 is 24.7 Å². The van der Waals surface area contributed by atoms with E-state index in [0.717, 1.165) is 252 Å². The van der Waals surface area contributed by atoms with Crippen molar-refractivity contribution in [1.82, 2.24) is 39.9 Å². The second kappa shape index (κ2) is 33.9. The van der Waals surface area contributed by atoms with Crippen molar-refractivity contribution in [2.45, 2.75) is 94.9 Å². The Kier molecular flexibility index (Phi) is 22.5. The molecule has 0 amide bonds. The van der Waals surface area contributed by atoms with Crippen LogP contribution in [0.1, 0.15) is 146 Å². The molecular weight excluding hydrogens is 1620 g/mol. The van der Waals surface area contributed by atoms with Gasteiger partial charge >= 0.3 is 39.0 Å². The van der Waals surface area contributed by atoms with Gasteiger partial charge in [0, 0.05) is 21.2 Å². The first-order valence-corrected chi connectivity index (χ1v) is 40.9. The summed E-state index contributed by atoms with van der Waals surface area (Å²) in [5.41, 5.74) is 40.7. The molecule has 4 aliphatic rings. The van der Waals surface area contributed by atoms with Gasteiger partial charge in [0.25, 0.3) is 0 Å². The maximum atomic E-state index is 7.64. The summed E-state index contributed by atoms with van der Waals surface area (Å²) in [6.07, 6.45) is 23.8. The van der Waals surface area contributed by atoms with Gasteiger partial charge in [-0.25, -0.2) is 19.9 Å². The Morgan fingerprint density at radius 2 is 0.563 bits per heavy atom. The topological polar surface area (TPSA) is 117 Å². The summed E-state index contributed by atoms with van der Waals surface area (Å²) in [4.78, 5) is 44.9. The van der Waals surface area contributed by atoms with Crippen LogP contribution in [0.5, 0.6) is 5.75 Å². The molecule has 119 heavy (non-hydrogen) atoms. The van der Waals surface area contributed by atoms with Crippen LogP contribution in [-0.2, 0) is 39.0 Å². The summed E-state index contributed by atoms with van der Waals surface area (Å²) >= 11 is 3.71. The third kappa shape index (κ3) is 15.8. The summed E-state index contributed by atoms with van der Waals surface area (Å²) < 4.78 is 14.9. The van der Waals surface area contributed by atoms with Gasteiger partial charge in [0.15, 0.2) is 0 Å². The second-order valence-electron chi connectivity index (χ2n) is 31.1. The molecule has 9 nitrogen and oxygen atoms in total. The number of rotatable bonds is 14. The van der Waals surface area contributed by atoms with E-state index in [1.165, 1.54) is 29.5 Å². The maximum absolute atomic E-state index is 7.64. The molecule has 0 saturated carbocycles. The number of benzene rings is 8. The Bertz CT molecular complexity index is 6990. The zero-order valence-electron chi connectivity index (χ0n) is 69.6. The van der Waals surface area contributed by atoms with E-state index in [9.17, 15) is 0 Å². The van der Waals surface area contributed by atoms with Gasteiger partial charge in [-0.15, -0.1) is 50.5 Å². The minimum Gasteiger partial charge on any atom is -0.657 e. The number of unbranched alkanes of at least 4 members (excludes halogenated alkanes) is 3. The number of ether oxygens (including phenoxy) is 1. The number of nitrogens with zero attached hydrogens (tertiary/aromatic N) is 8. The minimum atomic E-state index is 0. The van der Waals surface area contributed by atoms with Crippen LogP contribution >= 0.6 is 15.9 Å². The average molecular weight is 1710 g/mol. The normalized spacial score (nSPS) is 11.9. The molecule has 8 aromatic carbocycles. The summed E-state index contributed by atoms with van der Waals surface area (Å²) in [5.74, 6) is 10.8. The first kappa shape index (κ1) is 79.1. The molecule has 0 spiro atoms. The molecule has 0 saturated heterocycles. The Morgan fingerprint density at radius 3 is 0.840 bits per heavy atom. The zero-order chi connectivity index (χ0) is 81.0. The van der Waals surface area contributed by atoms with Gasteiger partial charge in [0.05, 0.1) is 52.2 Å². The van der Waals surface area contributed by atoms with Gasteiger partial charge in [0.2, 0.25) is 0 Å². The summed E-state index contributed by atoms with van der Waals surface area (Å²) in [6.45, 7) is 22.4. The minimum absolute atomic E-state index is 0. The predicted octanol–water partition coefficient (Wildman–Crippen LogP) is 26.4. The van der Waals surface area contributed by atoms with E-state index in [1.54, 1.807) is 0 Å². The number of aryl methyl sites for hydroxylation is 9. The van der Waals surface area contributed by atoms with Crippen molar-refractivity contribution in [2.75, 3.05) is 6.61 Å². The molecule has 4 aliphatic heterocycles. The summed E-state index contributed by atoms with van der Waals surface area (Å²) in [6, 6.07) is 72.1. The first-order chi connectivity index (χ1) is 57.4. The quantitative estimate of drug-likeness (QED) is 0.0596. The Hall–Kier alpha value is -12.4. The molecule has 0 radical (unpaired) electrons. The zero-order valence-corrected chi connectivity index (χ0v) is 76.1. The third-order valence-corrected chi connectivity index (χ3v) is 23.1. The van der Waals surface area contributed by atoms with Crippen LogP contribution in [0.25, 0.3) is 182 Å². The standard InChI is InChI=1S/C107H83BrN8O.2Zn/c1-12-14-15-16-55-117-80-37-33-78(34-38-80)104-83-41-39-81(109-83)100(74-25-19-71(13-2)20-26-74)85-43-49-91(111-85)105(97-65(6)56-62(3)57-66(97)7)92-50-44-86(112-92)101(82-40-42-84(104)110-82)75-27-21-72(22-28-75)17-18-73-23-29-76(30-24-73)102-87-45-51-93(113-87)106(98-67(8)58-63(4)59-68(98)9)95-53-47-89(115-95)103(77-31-35-79(108)36-32-77)90-48-54-96(116-90)107(94-52-46-88(102)114-94)99-69(10)60-64(5)61-70(99)11;;/h2,19-54,56-61H,12,14-16,55H2,1,3-11H3;;/q-4;2*+2/i2T;;. The fourth-order valence-electron chi connectivity index (χ4n) is 17.5. The summed E-state index contributed by atoms with van der Waals surface area (Å²) in [5, 5.41) is 0. The molecule has 18 rings (SSSR count). The number of hydrogen-bond acceptors (Lipinski definition) is 5. The van der Waals surface area contributed by atoms with Gasteiger partial charge in [-0.2, -0.15) is 0 Å². The maximum Gasteiger partial charge on any atom is 2.00 e. The van der Waals surface area contributed by atoms with E-state index in [4.69, 9.17) is 46.0 Å². The fourth-order valence-corrected chi connectivity index (χ4v) is 17.8. The SMILES string of the molecule is [3H]C#Cc1ccc(-c2c3nc(c(-c4c(C)cc(C)cc4C)c4ccc([n-]4)c(-c4ccc(C#Cc5ccc(-c6c7nc(c(-c8c(C)cc(C)cc8C)c8ccc([n-]8)c(-c8ccc(Br)cc8)c8nc(c(-c9c(C)cc(C)cc9C)c9ccc6[n-]9)C=C8)C=C7)cc5)cc4)c4nc(c(-c5ccc(OCCCCCC)cc5)c5ccc2[n-]5)C=C4)C=C3)cc1.[Zn+2].[Zn+2]. The molecule has 0 atom stereocenters. The number of terminal acetylenes is 1. The van der Waals surface area contributed by atoms with Crippen LogP contribution in [0.4, 0.5) is 0 Å². The van der Waals surface area contributed by atoms with Crippen LogP contribution in [0.2, 0.25) is 0 Å². The fraction of sp³-hybridized carbons (Fsp3) is 0.140. The molecule has 0 N–H and O–H groups in total. The second-order valence-corrected chi connectivity index (χ2v) is 32.0. The number of fused-ring (bicyclic) bond motifs is 16. The molecule has 0 fully saturated rings. The number of halogens is 1. The van der Waals surface area contributed by atoms with Crippen molar-refractivity contribution in [3.8, 4) is 119 Å². The number of aromatic nitrogens is 8. The average Bonchev–Trinajstić information content (AvgIpc) is 1.60. The van der Waals surface area contributed by atoms with E-state index in [1.807, 2.05) is 24.3 Å². The van der Waals surface area contributed by atoms with E-state index in [2.05, 4.69) is 340 Å². The Balaban J connectivity index is 0.00000536. The van der Waals surface area contributed by atoms with Crippen molar-refractivity contribution >= 4 is 109 Å². The Labute approximate surface area is 731 Å². The van der Waals surface area contributed by atoms with E-state index >= 15 is 0 Å².